The highest BCUT2D eigenvalue weighted by atomic mass is 16.5. The van der Waals surface area contributed by atoms with Crippen LogP contribution in [0.4, 0.5) is 5.69 Å². The van der Waals surface area contributed by atoms with Gasteiger partial charge in [0.25, 0.3) is 5.91 Å². The number of carbonyl (C=O) groups is 1. The first-order chi connectivity index (χ1) is 14.1. The van der Waals surface area contributed by atoms with Crippen molar-refractivity contribution >= 4 is 11.6 Å². The molecule has 1 fully saturated rings. The Morgan fingerprint density at radius 2 is 1.72 bits per heavy atom. The number of nitrogens with zero attached hydrogens (tertiary/aromatic N) is 1. The number of carbonyl (C=O) groups excluding carboxylic acids is 1. The lowest BCUT2D eigenvalue weighted by atomic mass is 9.90. The van der Waals surface area contributed by atoms with Crippen LogP contribution >= 0.6 is 0 Å². The predicted molar refractivity (Wildman–Crippen MR) is 114 cm³/mol. The van der Waals surface area contributed by atoms with Crippen molar-refractivity contribution in [3.8, 4) is 17.1 Å². The van der Waals surface area contributed by atoms with Gasteiger partial charge in [0.2, 0.25) is 0 Å². The Kier molecular flexibility index (Phi) is 5.36. The van der Waals surface area contributed by atoms with Crippen molar-refractivity contribution in [2.45, 2.75) is 32.3 Å². The summed E-state index contributed by atoms with van der Waals surface area (Å²) in [4.78, 5) is 21.0. The fourth-order valence-corrected chi connectivity index (χ4v) is 3.56. The Labute approximate surface area is 170 Å². The van der Waals surface area contributed by atoms with Crippen molar-refractivity contribution in [2.75, 3.05) is 18.4 Å². The van der Waals surface area contributed by atoms with Crippen LogP contribution in [0.15, 0.2) is 54.6 Å². The van der Waals surface area contributed by atoms with Crippen molar-refractivity contribution in [1.29, 1.82) is 0 Å². The molecule has 6 heteroatoms. The number of amides is 1. The highest BCUT2D eigenvalue weighted by Gasteiger charge is 2.42. The number of H-pyrrole nitrogens is 1. The van der Waals surface area contributed by atoms with E-state index in [9.17, 15) is 4.79 Å². The number of hydrogen-bond donors (Lipinski definition) is 3. The normalized spacial score (nSPS) is 15.7. The Hall–Kier alpha value is -3.12. The van der Waals surface area contributed by atoms with E-state index in [0.717, 1.165) is 41.6 Å². The number of ether oxygens (including phenoxy) is 1. The van der Waals surface area contributed by atoms with Gasteiger partial charge in [-0.25, -0.2) is 4.98 Å². The summed E-state index contributed by atoms with van der Waals surface area (Å²) in [5.41, 5.74) is 2.90. The Bertz CT molecular complexity index is 954. The minimum atomic E-state index is -0.874. The maximum Gasteiger partial charge on any atom is 0.268 e. The van der Waals surface area contributed by atoms with Crippen LogP contribution in [0.1, 0.15) is 24.2 Å². The van der Waals surface area contributed by atoms with Crippen LogP contribution in [-0.2, 0) is 4.79 Å². The van der Waals surface area contributed by atoms with Gasteiger partial charge in [0.05, 0.1) is 5.69 Å². The van der Waals surface area contributed by atoms with Gasteiger partial charge in [0, 0.05) is 29.8 Å². The van der Waals surface area contributed by atoms with E-state index in [2.05, 4.69) is 20.6 Å². The number of benzene rings is 2. The number of aromatic nitrogens is 2. The third-order valence-electron chi connectivity index (χ3n) is 5.43. The molecule has 1 aliphatic rings. The van der Waals surface area contributed by atoms with Crippen LogP contribution in [0.25, 0.3) is 11.4 Å². The monoisotopic (exact) mass is 390 g/mol. The Balaban J connectivity index is 1.51. The van der Waals surface area contributed by atoms with Gasteiger partial charge in [-0.05, 0) is 63.3 Å². The molecule has 2 heterocycles. The van der Waals surface area contributed by atoms with E-state index in [1.807, 2.05) is 68.4 Å². The van der Waals surface area contributed by atoms with Gasteiger partial charge in [-0.3, -0.25) is 4.79 Å². The fourth-order valence-electron chi connectivity index (χ4n) is 3.56. The smallest absolute Gasteiger partial charge is 0.268 e. The lowest BCUT2D eigenvalue weighted by molar-refractivity contribution is -0.133. The zero-order chi connectivity index (χ0) is 20.3. The molecule has 0 aliphatic carbocycles. The van der Waals surface area contributed by atoms with Crippen LogP contribution in [0, 0.1) is 13.8 Å². The zero-order valence-electron chi connectivity index (χ0n) is 16.8. The maximum atomic E-state index is 13.2. The molecule has 0 spiro atoms. The van der Waals surface area contributed by atoms with Gasteiger partial charge in [-0.1, -0.05) is 18.2 Å². The van der Waals surface area contributed by atoms with Crippen molar-refractivity contribution in [1.82, 2.24) is 15.3 Å². The van der Waals surface area contributed by atoms with E-state index in [1.54, 1.807) is 0 Å². The summed E-state index contributed by atoms with van der Waals surface area (Å²) < 4.78 is 6.22. The van der Waals surface area contributed by atoms with E-state index in [-0.39, 0.29) is 5.91 Å². The maximum absolute atomic E-state index is 13.2. The van der Waals surface area contributed by atoms with Crippen molar-refractivity contribution in [3.05, 3.63) is 66.0 Å². The molecule has 3 aromatic rings. The molecular formula is C23H26N4O2. The largest absolute Gasteiger partial charge is 0.477 e. The van der Waals surface area contributed by atoms with Crippen molar-refractivity contribution < 1.29 is 9.53 Å². The summed E-state index contributed by atoms with van der Waals surface area (Å²) in [7, 11) is 0. The molecule has 6 nitrogen and oxygen atoms in total. The second-order valence-electron chi connectivity index (χ2n) is 7.49. The van der Waals surface area contributed by atoms with E-state index in [0.29, 0.717) is 18.6 Å². The first kappa shape index (κ1) is 19.2. The fraction of sp³-hybridized carbons (Fsp3) is 0.304. The van der Waals surface area contributed by atoms with Crippen molar-refractivity contribution in [3.63, 3.8) is 0 Å². The molecule has 150 valence electrons. The molecule has 0 atom stereocenters. The third kappa shape index (κ3) is 4.17. The second kappa shape index (κ2) is 8.09. The average Bonchev–Trinajstić information content (AvgIpc) is 3.08. The predicted octanol–water partition coefficient (Wildman–Crippen LogP) is 3.83. The van der Waals surface area contributed by atoms with Gasteiger partial charge in [-0.2, -0.15) is 0 Å². The van der Waals surface area contributed by atoms with Crippen LogP contribution in [0.3, 0.4) is 0 Å². The minimum absolute atomic E-state index is 0.111. The molecule has 1 aliphatic heterocycles. The molecule has 0 bridgehead atoms. The number of aryl methyl sites for hydroxylation is 2. The van der Waals surface area contributed by atoms with E-state index < -0.39 is 5.60 Å². The molecule has 1 saturated heterocycles. The SMILES string of the molecule is Cc1nc(-c2ccc(NC(=O)C3(Oc4ccccc4)CCNCC3)cc2)[nH]c1C. The number of rotatable bonds is 5. The van der Waals surface area contributed by atoms with Gasteiger partial charge < -0.3 is 20.4 Å². The highest BCUT2D eigenvalue weighted by Crippen LogP contribution is 2.28. The number of piperidine rings is 1. The lowest BCUT2D eigenvalue weighted by Crippen LogP contribution is -2.54. The van der Waals surface area contributed by atoms with Crippen LogP contribution in [-0.4, -0.2) is 34.6 Å². The molecule has 0 radical (unpaired) electrons. The third-order valence-corrected chi connectivity index (χ3v) is 5.43. The van der Waals surface area contributed by atoms with Crippen LogP contribution in [0.2, 0.25) is 0 Å². The summed E-state index contributed by atoms with van der Waals surface area (Å²) in [6.07, 6.45) is 1.24. The first-order valence-corrected chi connectivity index (χ1v) is 9.96. The van der Waals surface area contributed by atoms with E-state index >= 15 is 0 Å². The molecule has 1 aromatic heterocycles. The average molecular weight is 390 g/mol. The quantitative estimate of drug-likeness (QED) is 0.619. The summed E-state index contributed by atoms with van der Waals surface area (Å²) >= 11 is 0. The molecular weight excluding hydrogens is 364 g/mol. The van der Waals surface area contributed by atoms with Gasteiger partial charge in [-0.15, -0.1) is 0 Å². The summed E-state index contributed by atoms with van der Waals surface area (Å²) in [5.74, 6) is 1.43. The topological polar surface area (TPSA) is 79.0 Å². The number of para-hydroxylation sites is 1. The van der Waals surface area contributed by atoms with Gasteiger partial charge in [0.1, 0.15) is 11.6 Å². The summed E-state index contributed by atoms with van der Waals surface area (Å²) in [5, 5.41) is 6.35. The number of imidazole rings is 1. The van der Waals surface area contributed by atoms with Gasteiger partial charge in [0.15, 0.2) is 5.60 Å². The molecule has 3 N–H and O–H groups in total. The van der Waals surface area contributed by atoms with Crippen molar-refractivity contribution in [2.24, 2.45) is 0 Å². The van der Waals surface area contributed by atoms with Crippen LogP contribution in [0.5, 0.6) is 5.75 Å². The first-order valence-electron chi connectivity index (χ1n) is 9.96. The lowest BCUT2D eigenvalue weighted by Gasteiger charge is -2.36. The number of anilines is 1. The zero-order valence-corrected chi connectivity index (χ0v) is 16.8. The highest BCUT2D eigenvalue weighted by molar-refractivity contribution is 5.97. The standard InChI is InChI=1S/C23H26N4O2/c1-16-17(2)26-21(25-16)18-8-10-19(11-9-18)27-22(28)23(12-14-24-15-13-23)29-20-6-4-3-5-7-20/h3-11,24H,12-15H2,1-2H3,(H,25,26)(H,27,28). The Morgan fingerprint density at radius 3 is 2.34 bits per heavy atom. The summed E-state index contributed by atoms with van der Waals surface area (Å²) in [6, 6.07) is 17.3. The Morgan fingerprint density at radius 1 is 1.03 bits per heavy atom. The minimum Gasteiger partial charge on any atom is -0.477 e. The second-order valence-corrected chi connectivity index (χ2v) is 7.49. The molecule has 0 unspecified atom stereocenters. The molecule has 1 amide bonds. The number of hydrogen-bond acceptors (Lipinski definition) is 4. The number of aromatic amines is 1. The van der Waals surface area contributed by atoms with Gasteiger partial charge >= 0.3 is 0 Å². The number of nitrogens with one attached hydrogen (secondary N) is 3. The van der Waals surface area contributed by atoms with E-state index in [4.69, 9.17) is 4.74 Å². The molecule has 4 rings (SSSR count). The molecule has 0 saturated carbocycles. The molecule has 2 aromatic carbocycles. The van der Waals surface area contributed by atoms with E-state index in [1.165, 1.54) is 0 Å². The molecule has 29 heavy (non-hydrogen) atoms. The van der Waals surface area contributed by atoms with Crippen LogP contribution < -0.4 is 15.4 Å². The summed E-state index contributed by atoms with van der Waals surface area (Å²) in [6.45, 7) is 5.48.